The predicted molar refractivity (Wildman–Crippen MR) is 197 cm³/mol. The Hall–Kier alpha value is -2.68. The van der Waals surface area contributed by atoms with Crippen LogP contribution in [0, 0.1) is 0 Å². The second-order valence-corrected chi connectivity index (χ2v) is 12.5. The van der Waals surface area contributed by atoms with Crippen LogP contribution in [-0.4, -0.2) is 0 Å². The quantitative estimate of drug-likeness (QED) is 0.0705. The maximum absolute atomic E-state index is 4.33. The normalized spacial score (nSPS) is 11.0. The molecule has 0 bridgehead atoms. The zero-order chi connectivity index (χ0) is 30.5. The van der Waals surface area contributed by atoms with Crippen LogP contribution < -0.4 is 0 Å². The number of rotatable bonds is 16. The average molecular weight is 609 g/mol. The van der Waals surface area contributed by atoms with E-state index in [-0.39, 0.29) is 0 Å². The van der Waals surface area contributed by atoms with Crippen LogP contribution in [0.4, 0.5) is 0 Å². The van der Waals surface area contributed by atoms with Crippen LogP contribution >= 0.6 is 25.3 Å². The molecule has 0 atom stereocenters. The molecule has 0 heterocycles. The molecule has 2 heteroatoms. The van der Waals surface area contributed by atoms with Gasteiger partial charge in [0.2, 0.25) is 0 Å². The van der Waals surface area contributed by atoms with Crippen molar-refractivity contribution in [2.75, 3.05) is 0 Å². The number of hydrogen-bond donors (Lipinski definition) is 2. The van der Waals surface area contributed by atoms with E-state index in [4.69, 9.17) is 0 Å². The van der Waals surface area contributed by atoms with Gasteiger partial charge in [0.25, 0.3) is 0 Å². The van der Waals surface area contributed by atoms with E-state index < -0.39 is 0 Å². The fourth-order valence-electron chi connectivity index (χ4n) is 5.13. The van der Waals surface area contributed by atoms with E-state index in [1.807, 2.05) is 24.3 Å². The van der Waals surface area contributed by atoms with Gasteiger partial charge in [-0.1, -0.05) is 150 Å². The first-order valence-corrected chi connectivity index (χ1v) is 17.4. The van der Waals surface area contributed by atoms with Crippen molar-refractivity contribution < 1.29 is 0 Å². The summed E-state index contributed by atoms with van der Waals surface area (Å²) in [5, 5.41) is 0. The van der Waals surface area contributed by atoms with Gasteiger partial charge < -0.3 is 0 Å². The molecule has 228 valence electrons. The minimum atomic E-state index is 1.00. The lowest BCUT2D eigenvalue weighted by molar-refractivity contribution is 0.589. The third-order valence-corrected chi connectivity index (χ3v) is 8.47. The number of aryl methyl sites for hydroxylation is 2. The first kappa shape index (κ1) is 34.8. The van der Waals surface area contributed by atoms with E-state index in [9.17, 15) is 0 Å². The summed E-state index contributed by atoms with van der Waals surface area (Å²) < 4.78 is 0. The van der Waals surface area contributed by atoms with Crippen LogP contribution in [0.1, 0.15) is 95.6 Å². The molecule has 0 nitrogen and oxygen atoms in total. The second kappa shape index (κ2) is 21.1. The summed E-state index contributed by atoms with van der Waals surface area (Å²) in [4.78, 5) is 2.02. The molecule has 0 aliphatic heterocycles. The molecule has 0 saturated carbocycles. The molecule has 4 rings (SSSR count). The number of allylic oxidation sites excluding steroid dienone is 2. The Balaban J connectivity index is 0.000000236. The minimum Gasteiger partial charge on any atom is -0.143 e. The van der Waals surface area contributed by atoms with Gasteiger partial charge in [-0.25, -0.2) is 0 Å². The zero-order valence-corrected chi connectivity index (χ0v) is 28.3. The molecule has 4 aromatic carbocycles. The SMILES string of the molecule is CCCCC=CCCc1ccc(-c2ccc(S)cc2)cc1.CCCCCCCCCc1ccc(-c2ccc(S)cc2)cc1. The molecule has 0 amide bonds. The fraction of sp³-hybridized carbons (Fsp3) is 0.366. The highest BCUT2D eigenvalue weighted by Crippen LogP contribution is 2.23. The van der Waals surface area contributed by atoms with Gasteiger partial charge in [-0.3, -0.25) is 0 Å². The number of thiol groups is 2. The van der Waals surface area contributed by atoms with Crippen molar-refractivity contribution in [3.8, 4) is 22.3 Å². The topological polar surface area (TPSA) is 0 Å². The maximum atomic E-state index is 4.33. The largest absolute Gasteiger partial charge is 0.143 e. The molecular formula is C41H52S2. The van der Waals surface area contributed by atoms with Gasteiger partial charge in [0.05, 0.1) is 0 Å². The maximum Gasteiger partial charge on any atom is 0.00404 e. The van der Waals surface area contributed by atoms with Crippen molar-refractivity contribution >= 4 is 25.3 Å². The third-order valence-electron chi connectivity index (χ3n) is 7.87. The smallest absolute Gasteiger partial charge is 0.00404 e. The van der Waals surface area contributed by atoms with E-state index in [1.54, 1.807) is 0 Å². The molecule has 43 heavy (non-hydrogen) atoms. The molecule has 4 aromatic rings. The van der Waals surface area contributed by atoms with Crippen molar-refractivity contribution in [3.05, 3.63) is 120 Å². The fourth-order valence-corrected chi connectivity index (χ4v) is 5.43. The summed E-state index contributed by atoms with van der Waals surface area (Å²) in [5.41, 5.74) is 7.94. The van der Waals surface area contributed by atoms with Crippen molar-refractivity contribution in [1.29, 1.82) is 0 Å². The zero-order valence-electron chi connectivity index (χ0n) is 26.5. The molecule has 0 aliphatic carbocycles. The molecule has 0 N–H and O–H groups in total. The highest BCUT2D eigenvalue weighted by atomic mass is 32.1. The van der Waals surface area contributed by atoms with Gasteiger partial charge in [0, 0.05) is 9.79 Å². The molecular weight excluding hydrogens is 557 g/mol. The van der Waals surface area contributed by atoms with Crippen molar-refractivity contribution in [2.24, 2.45) is 0 Å². The van der Waals surface area contributed by atoms with Gasteiger partial charge in [0.15, 0.2) is 0 Å². The lowest BCUT2D eigenvalue weighted by Crippen LogP contribution is -1.87. The Morgan fingerprint density at radius 3 is 1.23 bits per heavy atom. The molecule has 0 saturated heterocycles. The monoisotopic (exact) mass is 608 g/mol. The van der Waals surface area contributed by atoms with Crippen LogP contribution in [0.15, 0.2) is 119 Å². The van der Waals surface area contributed by atoms with E-state index >= 15 is 0 Å². The Labute approximate surface area is 273 Å². The molecule has 0 fully saturated rings. The van der Waals surface area contributed by atoms with Crippen LogP contribution in [-0.2, 0) is 12.8 Å². The van der Waals surface area contributed by atoms with Crippen LogP contribution in [0.3, 0.4) is 0 Å². The summed E-state index contributed by atoms with van der Waals surface area (Å²) >= 11 is 8.66. The lowest BCUT2D eigenvalue weighted by atomic mass is 10.0. The Bertz CT molecular complexity index is 1280. The first-order chi connectivity index (χ1) is 21.1. The van der Waals surface area contributed by atoms with Gasteiger partial charge in [-0.05, 0) is 89.8 Å². The van der Waals surface area contributed by atoms with Crippen LogP contribution in [0.2, 0.25) is 0 Å². The average Bonchev–Trinajstić information content (AvgIpc) is 3.04. The predicted octanol–water partition coefficient (Wildman–Crippen LogP) is 13.3. The minimum absolute atomic E-state index is 1.00. The van der Waals surface area contributed by atoms with E-state index in [0.717, 1.165) is 22.6 Å². The van der Waals surface area contributed by atoms with Gasteiger partial charge >= 0.3 is 0 Å². The Morgan fingerprint density at radius 2 is 0.767 bits per heavy atom. The molecule has 0 radical (unpaired) electrons. The highest BCUT2D eigenvalue weighted by Gasteiger charge is 2.00. The van der Waals surface area contributed by atoms with E-state index in [0.29, 0.717) is 0 Å². The third kappa shape index (κ3) is 14.1. The number of hydrogen-bond acceptors (Lipinski definition) is 2. The van der Waals surface area contributed by atoms with Gasteiger partial charge in [-0.15, -0.1) is 25.3 Å². The summed E-state index contributed by atoms with van der Waals surface area (Å²) in [6.45, 7) is 4.51. The summed E-state index contributed by atoms with van der Waals surface area (Å²) in [6, 6.07) is 34.6. The number of unbranched alkanes of at least 4 members (excludes halogenated alkanes) is 8. The van der Waals surface area contributed by atoms with Crippen molar-refractivity contribution in [2.45, 2.75) is 107 Å². The summed E-state index contributed by atoms with van der Waals surface area (Å²) in [6.07, 6.45) is 21.5. The van der Waals surface area contributed by atoms with Gasteiger partial charge in [0.1, 0.15) is 0 Å². The van der Waals surface area contributed by atoms with E-state index in [1.165, 1.54) is 104 Å². The first-order valence-electron chi connectivity index (χ1n) is 16.5. The highest BCUT2D eigenvalue weighted by molar-refractivity contribution is 7.80. The second-order valence-electron chi connectivity index (χ2n) is 11.5. The molecule has 0 unspecified atom stereocenters. The summed E-state index contributed by atoms with van der Waals surface area (Å²) in [5.74, 6) is 0. The summed E-state index contributed by atoms with van der Waals surface area (Å²) in [7, 11) is 0. The molecule has 0 spiro atoms. The van der Waals surface area contributed by atoms with Crippen LogP contribution in [0.5, 0.6) is 0 Å². The van der Waals surface area contributed by atoms with Crippen molar-refractivity contribution in [1.82, 2.24) is 0 Å². The lowest BCUT2D eigenvalue weighted by Gasteiger charge is -2.05. The van der Waals surface area contributed by atoms with Crippen LogP contribution in [0.25, 0.3) is 22.3 Å². The van der Waals surface area contributed by atoms with E-state index in [2.05, 4.69) is 124 Å². The Morgan fingerprint density at radius 1 is 0.395 bits per heavy atom. The Kier molecular flexibility index (Phi) is 17.1. The standard InChI is InChI=1S/C21H28S.C20H24S/c1-2-3-4-5-6-7-8-9-18-10-12-19(13-11-18)20-14-16-21(22)17-15-20;1-2-3-4-5-6-7-8-17-9-11-18(12-10-17)19-13-15-20(21)16-14-19/h10-17,22H,2-9H2,1H3;5-6,9-16,21H,2-4,7-8H2,1H3. The van der Waals surface area contributed by atoms with Gasteiger partial charge in [-0.2, -0.15) is 0 Å². The number of benzene rings is 4. The molecule has 0 aliphatic rings. The molecule has 0 aromatic heterocycles. The van der Waals surface area contributed by atoms with Crippen molar-refractivity contribution in [3.63, 3.8) is 0 Å².